The van der Waals surface area contributed by atoms with Crippen molar-refractivity contribution in [1.29, 1.82) is 0 Å². The molecule has 2 heterocycles. The normalized spacial score (nSPS) is 11.1. The Labute approximate surface area is 117 Å². The Hall–Kier alpha value is -1.72. The van der Waals surface area contributed by atoms with E-state index in [4.69, 9.17) is 11.6 Å². The molecule has 0 radical (unpaired) electrons. The Morgan fingerprint density at radius 1 is 1.47 bits per heavy atom. The summed E-state index contributed by atoms with van der Waals surface area (Å²) in [4.78, 5) is 17.3. The molecular weight excluding hydrogens is 287 g/mol. The number of carbonyl (C=O) groups excluding carboxylic acids is 1. The fourth-order valence-corrected chi connectivity index (χ4v) is 2.83. The molecule has 0 saturated heterocycles. The van der Waals surface area contributed by atoms with Gasteiger partial charge < -0.3 is 0 Å². The number of ketones is 1. The van der Waals surface area contributed by atoms with Gasteiger partial charge in [0.05, 0.1) is 17.1 Å². The lowest BCUT2D eigenvalue weighted by Crippen LogP contribution is -2.04. The fraction of sp³-hybridized carbons (Fsp3) is 0.0769. The van der Waals surface area contributed by atoms with Crippen molar-refractivity contribution in [2.75, 3.05) is 0 Å². The van der Waals surface area contributed by atoms with E-state index in [9.17, 15) is 9.18 Å². The van der Waals surface area contributed by atoms with Gasteiger partial charge in [-0.05, 0) is 18.2 Å². The van der Waals surface area contributed by atoms with Crippen LogP contribution >= 0.6 is 22.9 Å². The first kappa shape index (κ1) is 12.3. The van der Waals surface area contributed by atoms with Crippen LogP contribution in [-0.4, -0.2) is 15.2 Å². The first-order chi connectivity index (χ1) is 9.13. The third-order valence-electron chi connectivity index (χ3n) is 2.72. The van der Waals surface area contributed by atoms with E-state index in [-0.39, 0.29) is 17.2 Å². The molecule has 0 spiro atoms. The molecule has 3 rings (SSSR count). The van der Waals surface area contributed by atoms with Crippen molar-refractivity contribution >= 4 is 33.7 Å². The standard InChI is InChI=1S/C13H8ClFN2OS/c14-11-5-8(15)1-2-10(11)12(18)6-9-7-17-3-4-19-13(17)16-9/h1-5,7H,6H2. The molecule has 1 aromatic carbocycles. The molecule has 19 heavy (non-hydrogen) atoms. The Morgan fingerprint density at radius 2 is 2.32 bits per heavy atom. The number of imidazole rings is 1. The highest BCUT2D eigenvalue weighted by atomic mass is 35.5. The van der Waals surface area contributed by atoms with Crippen LogP contribution in [0, 0.1) is 5.82 Å². The molecule has 6 heteroatoms. The van der Waals surface area contributed by atoms with Gasteiger partial charge in [-0.15, -0.1) is 11.3 Å². The second kappa shape index (κ2) is 4.75. The predicted octanol–water partition coefficient (Wildman–Crippen LogP) is 3.61. The quantitative estimate of drug-likeness (QED) is 0.692. The summed E-state index contributed by atoms with van der Waals surface area (Å²) in [6.07, 6.45) is 3.84. The molecule has 0 N–H and O–H groups in total. The minimum atomic E-state index is -0.455. The van der Waals surface area contributed by atoms with E-state index in [1.54, 1.807) is 6.20 Å². The van der Waals surface area contributed by atoms with Crippen LogP contribution in [0.1, 0.15) is 16.1 Å². The maximum atomic E-state index is 12.9. The first-order valence-electron chi connectivity index (χ1n) is 5.53. The summed E-state index contributed by atoms with van der Waals surface area (Å²) < 4.78 is 14.8. The number of nitrogens with zero attached hydrogens (tertiary/aromatic N) is 2. The van der Waals surface area contributed by atoms with Gasteiger partial charge in [0.1, 0.15) is 5.82 Å². The Kier molecular flexibility index (Phi) is 3.08. The molecule has 0 amide bonds. The molecule has 2 aromatic heterocycles. The minimum Gasteiger partial charge on any atom is -0.297 e. The van der Waals surface area contributed by atoms with Crippen LogP contribution in [0.3, 0.4) is 0 Å². The van der Waals surface area contributed by atoms with E-state index < -0.39 is 5.82 Å². The van der Waals surface area contributed by atoms with Gasteiger partial charge in [-0.3, -0.25) is 9.20 Å². The molecule has 0 aliphatic rings. The largest absolute Gasteiger partial charge is 0.297 e. The van der Waals surface area contributed by atoms with Gasteiger partial charge in [0, 0.05) is 23.3 Å². The van der Waals surface area contributed by atoms with Crippen LogP contribution in [0.2, 0.25) is 5.02 Å². The van der Waals surface area contributed by atoms with Gasteiger partial charge in [0.25, 0.3) is 0 Å². The highest BCUT2D eigenvalue weighted by molar-refractivity contribution is 7.15. The topological polar surface area (TPSA) is 34.4 Å². The van der Waals surface area contributed by atoms with Gasteiger partial charge >= 0.3 is 0 Å². The van der Waals surface area contributed by atoms with Gasteiger partial charge in [0.15, 0.2) is 10.7 Å². The maximum Gasteiger partial charge on any atom is 0.193 e. The summed E-state index contributed by atoms with van der Waals surface area (Å²) >= 11 is 7.36. The summed E-state index contributed by atoms with van der Waals surface area (Å²) in [7, 11) is 0. The van der Waals surface area contributed by atoms with E-state index >= 15 is 0 Å². The third kappa shape index (κ3) is 2.39. The zero-order valence-electron chi connectivity index (χ0n) is 9.64. The molecular formula is C13H8ClFN2OS. The highest BCUT2D eigenvalue weighted by Crippen LogP contribution is 2.20. The summed E-state index contributed by atoms with van der Waals surface area (Å²) in [5.41, 5.74) is 0.997. The van der Waals surface area contributed by atoms with Crippen LogP contribution in [0.5, 0.6) is 0 Å². The number of aromatic nitrogens is 2. The van der Waals surface area contributed by atoms with Crippen LogP contribution in [-0.2, 0) is 6.42 Å². The van der Waals surface area contributed by atoms with Crippen LogP contribution in [0.25, 0.3) is 4.96 Å². The summed E-state index contributed by atoms with van der Waals surface area (Å²) in [5.74, 6) is -0.625. The second-order valence-corrected chi connectivity index (χ2v) is 5.33. The molecule has 0 bridgehead atoms. The molecule has 0 saturated carbocycles. The van der Waals surface area contributed by atoms with Crippen molar-refractivity contribution in [3.8, 4) is 0 Å². The number of halogens is 2. The van der Waals surface area contributed by atoms with E-state index in [0.717, 1.165) is 11.0 Å². The SMILES string of the molecule is O=C(Cc1cn2ccsc2n1)c1ccc(F)cc1Cl. The van der Waals surface area contributed by atoms with E-state index in [2.05, 4.69) is 4.98 Å². The molecule has 3 nitrogen and oxygen atoms in total. The van der Waals surface area contributed by atoms with Crippen molar-refractivity contribution < 1.29 is 9.18 Å². The second-order valence-electron chi connectivity index (χ2n) is 4.05. The van der Waals surface area contributed by atoms with Crippen molar-refractivity contribution in [1.82, 2.24) is 9.38 Å². The summed E-state index contributed by atoms with van der Waals surface area (Å²) in [5, 5.41) is 2.05. The van der Waals surface area contributed by atoms with Crippen molar-refractivity contribution in [3.63, 3.8) is 0 Å². The molecule has 0 aliphatic heterocycles. The summed E-state index contributed by atoms with van der Waals surface area (Å²) in [6, 6.07) is 3.77. The summed E-state index contributed by atoms with van der Waals surface area (Å²) in [6.45, 7) is 0. The van der Waals surface area contributed by atoms with Crippen LogP contribution in [0.4, 0.5) is 4.39 Å². The number of hydrogen-bond donors (Lipinski definition) is 0. The van der Waals surface area contributed by atoms with Crippen molar-refractivity contribution in [3.05, 3.63) is 58.1 Å². The predicted molar refractivity (Wildman–Crippen MR) is 72.5 cm³/mol. The van der Waals surface area contributed by atoms with Crippen LogP contribution in [0.15, 0.2) is 36.0 Å². The zero-order valence-corrected chi connectivity index (χ0v) is 11.2. The van der Waals surface area contributed by atoms with Gasteiger partial charge in [0.2, 0.25) is 0 Å². The van der Waals surface area contributed by atoms with Crippen molar-refractivity contribution in [2.45, 2.75) is 6.42 Å². The van der Waals surface area contributed by atoms with Gasteiger partial charge in [-0.25, -0.2) is 9.37 Å². The van der Waals surface area contributed by atoms with E-state index in [1.165, 1.54) is 23.5 Å². The van der Waals surface area contributed by atoms with E-state index in [0.29, 0.717) is 11.3 Å². The Morgan fingerprint density at radius 3 is 3.05 bits per heavy atom. The lowest BCUT2D eigenvalue weighted by molar-refractivity contribution is 0.0992. The first-order valence-corrected chi connectivity index (χ1v) is 6.78. The maximum absolute atomic E-state index is 12.9. The number of thiazole rings is 1. The Balaban J connectivity index is 1.86. The zero-order chi connectivity index (χ0) is 13.4. The smallest absolute Gasteiger partial charge is 0.193 e. The molecule has 3 aromatic rings. The van der Waals surface area contributed by atoms with Crippen molar-refractivity contribution in [2.24, 2.45) is 0 Å². The molecule has 0 aliphatic carbocycles. The number of hydrogen-bond acceptors (Lipinski definition) is 3. The highest BCUT2D eigenvalue weighted by Gasteiger charge is 2.14. The molecule has 0 atom stereocenters. The number of fused-ring (bicyclic) bond motifs is 1. The number of carbonyl (C=O) groups is 1. The fourth-order valence-electron chi connectivity index (χ4n) is 1.84. The number of Topliss-reactive ketones (excluding diaryl/α,β-unsaturated/α-hetero) is 1. The number of benzene rings is 1. The monoisotopic (exact) mass is 294 g/mol. The van der Waals surface area contributed by atoms with Gasteiger partial charge in [-0.2, -0.15) is 0 Å². The average molecular weight is 295 g/mol. The van der Waals surface area contributed by atoms with E-state index in [1.807, 2.05) is 16.0 Å². The lowest BCUT2D eigenvalue weighted by Gasteiger charge is -2.01. The molecule has 96 valence electrons. The third-order valence-corrected chi connectivity index (χ3v) is 3.80. The lowest BCUT2D eigenvalue weighted by atomic mass is 10.1. The average Bonchev–Trinajstić information content (AvgIpc) is 2.89. The minimum absolute atomic E-state index is 0.131. The van der Waals surface area contributed by atoms with Crippen LogP contribution < -0.4 is 0 Å². The Bertz CT molecular complexity index is 736. The molecule has 0 unspecified atom stereocenters. The molecule has 0 fully saturated rings. The van der Waals surface area contributed by atoms with Gasteiger partial charge in [-0.1, -0.05) is 11.6 Å². The number of rotatable bonds is 3.